The fraction of sp³-hybridized carbons (Fsp3) is 0.400. The molecule has 0 unspecified atom stereocenters. The monoisotopic (exact) mass is 227 g/mol. The molecule has 0 saturated heterocycles. The first-order chi connectivity index (χ1) is 6.98. The molecule has 0 amide bonds. The van der Waals surface area contributed by atoms with Gasteiger partial charge in [-0.25, -0.2) is 13.6 Å². The number of benzene rings is 1. The topological polar surface area (TPSA) is 80.4 Å². The van der Waals surface area contributed by atoms with Crippen molar-refractivity contribution in [2.75, 3.05) is 6.61 Å². The van der Waals surface area contributed by atoms with E-state index in [1.165, 1.54) is 12.1 Å². The zero-order valence-corrected chi connectivity index (χ0v) is 9.00. The molecule has 5 heteroatoms. The van der Waals surface area contributed by atoms with E-state index in [9.17, 15) is 13.5 Å². The van der Waals surface area contributed by atoms with Crippen LogP contribution in [-0.2, 0) is 15.4 Å². The van der Waals surface area contributed by atoms with E-state index in [0.717, 1.165) is 18.4 Å². The van der Waals surface area contributed by atoms with Crippen molar-refractivity contribution in [3.63, 3.8) is 0 Å². The lowest BCUT2D eigenvalue weighted by molar-refractivity contribution is 0.255. The number of hydrogen-bond acceptors (Lipinski definition) is 3. The molecule has 4 nitrogen and oxygen atoms in total. The van der Waals surface area contributed by atoms with Crippen LogP contribution in [0.4, 0.5) is 0 Å². The molecule has 0 radical (unpaired) electrons. The summed E-state index contributed by atoms with van der Waals surface area (Å²) in [6, 6.07) is 6.42. The molecule has 1 aliphatic rings. The zero-order chi connectivity index (χ0) is 11.1. The van der Waals surface area contributed by atoms with Gasteiger partial charge in [-0.15, -0.1) is 0 Å². The van der Waals surface area contributed by atoms with Gasteiger partial charge in [0.2, 0.25) is 10.0 Å². The predicted octanol–water partition coefficient (Wildman–Crippen LogP) is 0.358. The summed E-state index contributed by atoms with van der Waals surface area (Å²) in [4.78, 5) is 0.111. The highest BCUT2D eigenvalue weighted by Gasteiger charge is 2.43. The van der Waals surface area contributed by atoms with Gasteiger partial charge in [0.15, 0.2) is 0 Å². The molecule has 1 aromatic rings. The fourth-order valence-corrected chi connectivity index (χ4v) is 2.20. The summed E-state index contributed by atoms with van der Waals surface area (Å²) < 4.78 is 22.0. The standard InChI is InChI=1S/C10H13NO3S/c11-15(13,14)9-3-1-8(2-4-9)10(7-12)5-6-10/h1-4,12H,5-7H2,(H2,11,13,14). The summed E-state index contributed by atoms with van der Waals surface area (Å²) in [5.74, 6) is 0. The highest BCUT2D eigenvalue weighted by Crippen LogP contribution is 2.47. The van der Waals surface area contributed by atoms with Crippen molar-refractivity contribution in [1.82, 2.24) is 0 Å². The minimum absolute atomic E-state index is 0.111. The Morgan fingerprint density at radius 1 is 1.27 bits per heavy atom. The molecule has 82 valence electrons. The molecule has 0 spiro atoms. The molecule has 0 aliphatic heterocycles. The number of hydrogen-bond donors (Lipinski definition) is 2. The van der Waals surface area contributed by atoms with Crippen LogP contribution in [0.25, 0.3) is 0 Å². The van der Waals surface area contributed by atoms with E-state index < -0.39 is 10.0 Å². The van der Waals surface area contributed by atoms with Crippen LogP contribution in [0.15, 0.2) is 29.2 Å². The van der Waals surface area contributed by atoms with E-state index in [0.29, 0.717) is 0 Å². The van der Waals surface area contributed by atoms with Gasteiger partial charge in [0.1, 0.15) is 0 Å². The largest absolute Gasteiger partial charge is 0.395 e. The van der Waals surface area contributed by atoms with E-state index in [4.69, 9.17) is 5.14 Å². The Balaban J connectivity index is 2.33. The summed E-state index contributed by atoms with van der Waals surface area (Å²) in [5.41, 5.74) is 0.856. The molecule has 0 bridgehead atoms. The number of sulfonamides is 1. The number of aliphatic hydroxyl groups is 1. The Morgan fingerprint density at radius 2 is 1.80 bits per heavy atom. The van der Waals surface area contributed by atoms with Gasteiger partial charge in [0, 0.05) is 5.41 Å². The number of aliphatic hydroxyl groups excluding tert-OH is 1. The lowest BCUT2D eigenvalue weighted by Gasteiger charge is -2.11. The van der Waals surface area contributed by atoms with Crippen LogP contribution >= 0.6 is 0 Å². The molecule has 0 atom stereocenters. The van der Waals surface area contributed by atoms with Gasteiger partial charge in [-0.3, -0.25) is 0 Å². The average molecular weight is 227 g/mol. The molecular formula is C10H13NO3S. The lowest BCUT2D eigenvalue weighted by Crippen LogP contribution is -2.14. The quantitative estimate of drug-likeness (QED) is 0.782. The van der Waals surface area contributed by atoms with Gasteiger partial charge in [0.25, 0.3) is 0 Å². The highest BCUT2D eigenvalue weighted by molar-refractivity contribution is 7.89. The summed E-state index contributed by atoms with van der Waals surface area (Å²) >= 11 is 0. The molecule has 1 fully saturated rings. The van der Waals surface area contributed by atoms with Crippen molar-refractivity contribution in [2.24, 2.45) is 5.14 Å². The van der Waals surface area contributed by atoms with Crippen molar-refractivity contribution in [3.05, 3.63) is 29.8 Å². The second-order valence-corrected chi connectivity index (χ2v) is 5.57. The van der Waals surface area contributed by atoms with E-state index in [1.807, 2.05) is 0 Å². The summed E-state index contributed by atoms with van der Waals surface area (Å²) in [6.07, 6.45) is 1.91. The van der Waals surface area contributed by atoms with Crippen molar-refractivity contribution >= 4 is 10.0 Å². The average Bonchev–Trinajstić information content (AvgIpc) is 2.97. The summed E-state index contributed by atoms with van der Waals surface area (Å²) in [5, 5.41) is 14.2. The van der Waals surface area contributed by atoms with Gasteiger partial charge < -0.3 is 5.11 Å². The van der Waals surface area contributed by atoms with E-state index in [1.54, 1.807) is 12.1 Å². The van der Waals surface area contributed by atoms with Crippen molar-refractivity contribution in [2.45, 2.75) is 23.2 Å². The Labute approximate surface area is 88.8 Å². The smallest absolute Gasteiger partial charge is 0.238 e. The van der Waals surface area contributed by atoms with Crippen LogP contribution in [0.5, 0.6) is 0 Å². The minimum Gasteiger partial charge on any atom is -0.395 e. The molecule has 1 aliphatic carbocycles. The van der Waals surface area contributed by atoms with Crippen molar-refractivity contribution < 1.29 is 13.5 Å². The summed E-state index contributed by atoms with van der Waals surface area (Å²) in [6.45, 7) is 0.113. The Morgan fingerprint density at radius 3 is 2.13 bits per heavy atom. The Kier molecular flexibility index (Phi) is 2.33. The molecule has 0 aromatic heterocycles. The number of rotatable bonds is 3. The van der Waals surface area contributed by atoms with Crippen LogP contribution in [0.1, 0.15) is 18.4 Å². The molecule has 3 N–H and O–H groups in total. The van der Waals surface area contributed by atoms with Crippen LogP contribution in [0.3, 0.4) is 0 Å². The van der Waals surface area contributed by atoms with Gasteiger partial charge in [-0.05, 0) is 30.5 Å². The van der Waals surface area contributed by atoms with E-state index >= 15 is 0 Å². The maximum absolute atomic E-state index is 11.0. The highest BCUT2D eigenvalue weighted by atomic mass is 32.2. The van der Waals surface area contributed by atoms with Crippen molar-refractivity contribution in [1.29, 1.82) is 0 Å². The number of nitrogens with two attached hydrogens (primary N) is 1. The van der Waals surface area contributed by atoms with Crippen LogP contribution in [-0.4, -0.2) is 20.1 Å². The Hall–Kier alpha value is -0.910. The molecule has 0 heterocycles. The molecule has 1 saturated carbocycles. The van der Waals surface area contributed by atoms with Crippen LogP contribution < -0.4 is 5.14 Å². The van der Waals surface area contributed by atoms with Gasteiger partial charge >= 0.3 is 0 Å². The second kappa shape index (κ2) is 3.30. The first kappa shape index (κ1) is 10.6. The third-order valence-corrected chi connectivity index (χ3v) is 3.88. The second-order valence-electron chi connectivity index (χ2n) is 4.01. The maximum Gasteiger partial charge on any atom is 0.238 e. The van der Waals surface area contributed by atoms with Gasteiger partial charge in [-0.2, -0.15) is 0 Å². The zero-order valence-electron chi connectivity index (χ0n) is 8.18. The van der Waals surface area contributed by atoms with Crippen molar-refractivity contribution in [3.8, 4) is 0 Å². The van der Waals surface area contributed by atoms with Gasteiger partial charge in [0.05, 0.1) is 11.5 Å². The Bertz CT molecular complexity index is 460. The van der Waals surface area contributed by atoms with E-state index in [-0.39, 0.29) is 16.9 Å². The van der Waals surface area contributed by atoms with Crippen LogP contribution in [0.2, 0.25) is 0 Å². The molecule has 1 aromatic carbocycles. The van der Waals surface area contributed by atoms with Crippen LogP contribution in [0, 0.1) is 0 Å². The maximum atomic E-state index is 11.0. The summed E-state index contributed by atoms with van der Waals surface area (Å²) in [7, 11) is -3.61. The predicted molar refractivity (Wildman–Crippen MR) is 55.8 cm³/mol. The van der Waals surface area contributed by atoms with E-state index in [2.05, 4.69) is 0 Å². The third-order valence-electron chi connectivity index (χ3n) is 2.95. The van der Waals surface area contributed by atoms with Gasteiger partial charge in [-0.1, -0.05) is 12.1 Å². The SMILES string of the molecule is NS(=O)(=O)c1ccc(C2(CO)CC2)cc1. The molecule has 15 heavy (non-hydrogen) atoms. The first-order valence-electron chi connectivity index (χ1n) is 4.72. The first-order valence-corrected chi connectivity index (χ1v) is 6.27. The molecule has 2 rings (SSSR count). The normalized spacial score (nSPS) is 18.8. The lowest BCUT2D eigenvalue weighted by atomic mass is 9.97. The number of primary sulfonamides is 1. The minimum atomic E-state index is -3.61. The third kappa shape index (κ3) is 1.90. The fourth-order valence-electron chi connectivity index (χ4n) is 1.69. The molecular weight excluding hydrogens is 214 g/mol.